The average Bonchev–Trinajstić information content (AvgIpc) is 2.18. The van der Waals surface area contributed by atoms with Gasteiger partial charge in [-0.3, -0.25) is 14.2 Å². The number of halogens is 2. The summed E-state index contributed by atoms with van der Waals surface area (Å²) in [5.41, 5.74) is -0.745. The summed E-state index contributed by atoms with van der Waals surface area (Å²) in [6.07, 6.45) is -0.281. The Morgan fingerprint density at radius 2 is 2.31 bits per heavy atom. The van der Waals surface area contributed by atoms with Crippen molar-refractivity contribution in [1.29, 1.82) is 0 Å². The highest BCUT2D eigenvalue weighted by molar-refractivity contribution is 5.66. The summed E-state index contributed by atoms with van der Waals surface area (Å²) >= 11 is 0. The van der Waals surface area contributed by atoms with Crippen LogP contribution in [0.1, 0.15) is 0 Å². The molecule has 6 nitrogen and oxygen atoms in total. The molecule has 2 N–H and O–H groups in total. The van der Waals surface area contributed by atoms with E-state index in [4.69, 9.17) is 5.11 Å². The molecular formula is C8H9F2N3O3. The molecule has 0 radical (unpaired) electrons. The number of aromatic nitrogens is 2. The molecule has 1 aromatic heterocycles. The van der Waals surface area contributed by atoms with Crippen LogP contribution in [0.15, 0.2) is 17.2 Å². The highest BCUT2D eigenvalue weighted by Gasteiger charge is 2.09. The molecule has 0 amide bonds. The van der Waals surface area contributed by atoms with E-state index in [2.05, 4.69) is 10.3 Å². The van der Waals surface area contributed by atoms with Crippen LogP contribution in [0.25, 0.3) is 0 Å². The minimum Gasteiger partial charge on any atom is -0.480 e. The van der Waals surface area contributed by atoms with Gasteiger partial charge in [0.15, 0.2) is 5.82 Å². The van der Waals surface area contributed by atoms with Crippen molar-refractivity contribution in [3.63, 3.8) is 0 Å². The zero-order valence-corrected chi connectivity index (χ0v) is 8.06. The van der Waals surface area contributed by atoms with Gasteiger partial charge in [-0.1, -0.05) is 0 Å². The molecule has 0 bridgehead atoms. The van der Waals surface area contributed by atoms with Gasteiger partial charge in [-0.05, 0) is 0 Å². The number of carboxylic acid groups (broad SMARTS) is 1. The van der Waals surface area contributed by atoms with Gasteiger partial charge >= 0.3 is 5.97 Å². The van der Waals surface area contributed by atoms with Gasteiger partial charge in [-0.2, -0.15) is 0 Å². The summed E-state index contributed by atoms with van der Waals surface area (Å²) in [5, 5.41) is 10.6. The van der Waals surface area contributed by atoms with Gasteiger partial charge in [0.1, 0.15) is 6.54 Å². The second-order valence-corrected chi connectivity index (χ2v) is 2.87. The molecule has 88 valence electrons. The second-order valence-electron chi connectivity index (χ2n) is 2.87. The van der Waals surface area contributed by atoms with Gasteiger partial charge in [0, 0.05) is 12.4 Å². The van der Waals surface area contributed by atoms with E-state index in [0.717, 1.165) is 10.8 Å². The van der Waals surface area contributed by atoms with Gasteiger partial charge in [-0.15, -0.1) is 0 Å². The first-order valence-corrected chi connectivity index (χ1v) is 4.30. The number of alkyl halides is 2. The number of hydrogen-bond acceptors (Lipinski definition) is 4. The van der Waals surface area contributed by atoms with E-state index in [1.807, 2.05) is 0 Å². The Bertz CT molecular complexity index is 433. The lowest BCUT2D eigenvalue weighted by Crippen LogP contribution is -2.28. The van der Waals surface area contributed by atoms with Crippen molar-refractivity contribution in [3.05, 3.63) is 22.7 Å². The summed E-state index contributed by atoms with van der Waals surface area (Å²) in [6.45, 7) is -1.25. The van der Waals surface area contributed by atoms with Crippen LogP contribution in [0.3, 0.4) is 0 Å². The monoisotopic (exact) mass is 233 g/mol. The van der Waals surface area contributed by atoms with Crippen LogP contribution in [0.2, 0.25) is 0 Å². The lowest BCUT2D eigenvalue weighted by molar-refractivity contribution is -0.137. The minimum absolute atomic E-state index is 0.288. The second kappa shape index (κ2) is 5.19. The molecule has 0 aromatic carbocycles. The summed E-state index contributed by atoms with van der Waals surface area (Å²) in [6, 6.07) is 0. The molecule has 0 aliphatic rings. The lowest BCUT2D eigenvalue weighted by Gasteiger charge is -2.06. The van der Waals surface area contributed by atoms with Crippen LogP contribution in [0, 0.1) is 0 Å². The van der Waals surface area contributed by atoms with Crippen molar-refractivity contribution in [2.45, 2.75) is 13.0 Å². The van der Waals surface area contributed by atoms with E-state index in [-0.39, 0.29) is 5.82 Å². The lowest BCUT2D eigenvalue weighted by atomic mass is 10.5. The van der Waals surface area contributed by atoms with Crippen LogP contribution >= 0.6 is 0 Å². The molecule has 1 heterocycles. The Hall–Kier alpha value is -1.99. The summed E-state index contributed by atoms with van der Waals surface area (Å²) in [5.74, 6) is -1.49. The quantitative estimate of drug-likeness (QED) is 0.748. The number of anilines is 1. The summed E-state index contributed by atoms with van der Waals surface area (Å²) in [4.78, 5) is 25.4. The number of aliphatic carboxylic acids is 1. The standard InChI is InChI=1S/C8H9F2N3O3/c9-5(10)3-12-7-8(16)13(2-1-11-7)4-6(14)15/h1-2,5H,3-4H2,(H,11,12)(H,14,15). The highest BCUT2D eigenvalue weighted by atomic mass is 19.3. The van der Waals surface area contributed by atoms with Crippen molar-refractivity contribution >= 4 is 11.8 Å². The molecule has 1 aromatic rings. The predicted molar refractivity (Wildman–Crippen MR) is 50.6 cm³/mol. The van der Waals surface area contributed by atoms with Crippen molar-refractivity contribution in [1.82, 2.24) is 9.55 Å². The molecule has 0 saturated carbocycles. The number of nitrogens with one attached hydrogen (secondary N) is 1. The first-order chi connectivity index (χ1) is 7.50. The van der Waals surface area contributed by atoms with E-state index in [1.165, 1.54) is 6.20 Å². The third-order valence-electron chi connectivity index (χ3n) is 1.64. The zero-order chi connectivity index (χ0) is 12.1. The first kappa shape index (κ1) is 12.1. The van der Waals surface area contributed by atoms with Crippen LogP contribution in [0.5, 0.6) is 0 Å². The van der Waals surface area contributed by atoms with Gasteiger partial charge in [0.2, 0.25) is 0 Å². The maximum absolute atomic E-state index is 11.9. The van der Waals surface area contributed by atoms with Crippen molar-refractivity contribution in [3.8, 4) is 0 Å². The number of carbonyl (C=O) groups is 1. The largest absolute Gasteiger partial charge is 0.480 e. The van der Waals surface area contributed by atoms with Crippen LogP contribution < -0.4 is 10.9 Å². The van der Waals surface area contributed by atoms with E-state index >= 15 is 0 Å². The van der Waals surface area contributed by atoms with Crippen molar-refractivity contribution in [2.24, 2.45) is 0 Å². The molecule has 1 rings (SSSR count). The molecule has 0 saturated heterocycles. The predicted octanol–water partition coefficient (Wildman–Crippen LogP) is 0.00490. The maximum Gasteiger partial charge on any atom is 0.323 e. The molecule has 0 spiro atoms. The van der Waals surface area contributed by atoms with Crippen LogP contribution in [-0.4, -0.2) is 33.6 Å². The third kappa shape index (κ3) is 3.30. The Morgan fingerprint density at radius 3 is 2.88 bits per heavy atom. The van der Waals surface area contributed by atoms with E-state index in [9.17, 15) is 18.4 Å². The molecule has 16 heavy (non-hydrogen) atoms. The smallest absolute Gasteiger partial charge is 0.323 e. The fraction of sp³-hybridized carbons (Fsp3) is 0.375. The molecule has 0 unspecified atom stereocenters. The van der Waals surface area contributed by atoms with Crippen molar-refractivity contribution in [2.75, 3.05) is 11.9 Å². The van der Waals surface area contributed by atoms with Gasteiger partial charge in [-0.25, -0.2) is 13.8 Å². The number of hydrogen-bond donors (Lipinski definition) is 2. The number of carboxylic acids is 1. The Morgan fingerprint density at radius 1 is 1.62 bits per heavy atom. The van der Waals surface area contributed by atoms with Crippen LogP contribution in [0.4, 0.5) is 14.6 Å². The van der Waals surface area contributed by atoms with E-state index in [0.29, 0.717) is 0 Å². The van der Waals surface area contributed by atoms with Crippen LogP contribution in [-0.2, 0) is 11.3 Å². The van der Waals surface area contributed by atoms with Gasteiger partial charge < -0.3 is 10.4 Å². The fourth-order valence-electron chi connectivity index (χ4n) is 1.01. The Kier molecular flexibility index (Phi) is 3.92. The van der Waals surface area contributed by atoms with E-state index in [1.54, 1.807) is 0 Å². The normalized spacial score (nSPS) is 10.4. The average molecular weight is 233 g/mol. The molecule has 0 aliphatic heterocycles. The van der Waals surface area contributed by atoms with Gasteiger partial charge in [0.25, 0.3) is 12.0 Å². The SMILES string of the molecule is O=C(O)Cn1ccnc(NCC(F)F)c1=O. The summed E-state index contributed by atoms with van der Waals surface area (Å²) in [7, 11) is 0. The third-order valence-corrected chi connectivity index (χ3v) is 1.64. The van der Waals surface area contributed by atoms with Gasteiger partial charge in [0.05, 0.1) is 6.54 Å². The Balaban J connectivity index is 2.86. The fourth-order valence-corrected chi connectivity index (χ4v) is 1.01. The number of nitrogens with zero attached hydrogens (tertiary/aromatic N) is 2. The highest BCUT2D eigenvalue weighted by Crippen LogP contribution is 1.96. The zero-order valence-electron chi connectivity index (χ0n) is 8.06. The number of rotatable bonds is 5. The molecule has 0 aliphatic carbocycles. The minimum atomic E-state index is -2.62. The topological polar surface area (TPSA) is 84.2 Å². The van der Waals surface area contributed by atoms with E-state index < -0.39 is 31.0 Å². The van der Waals surface area contributed by atoms with Crippen molar-refractivity contribution < 1.29 is 18.7 Å². The first-order valence-electron chi connectivity index (χ1n) is 4.30. The molecule has 0 fully saturated rings. The molecule has 8 heteroatoms. The Labute approximate surface area is 88.5 Å². The molecular weight excluding hydrogens is 224 g/mol. The molecule has 0 atom stereocenters. The summed E-state index contributed by atoms with van der Waals surface area (Å²) < 4.78 is 24.6. The maximum atomic E-state index is 11.9.